The predicted molar refractivity (Wildman–Crippen MR) is 156 cm³/mol. The maximum Gasteiger partial charge on any atom is 0.232 e. The van der Waals surface area contributed by atoms with E-state index in [1.54, 1.807) is 12.1 Å². The van der Waals surface area contributed by atoms with Crippen LogP contribution in [-0.4, -0.2) is 82.7 Å². The molecule has 214 valence electrons. The molecule has 1 unspecified atom stereocenters. The Morgan fingerprint density at radius 2 is 1.93 bits per heavy atom. The van der Waals surface area contributed by atoms with Crippen molar-refractivity contribution < 1.29 is 8.42 Å². The van der Waals surface area contributed by atoms with E-state index in [1.165, 1.54) is 17.0 Å². The largest absolute Gasteiger partial charge is 0.365 e. The highest BCUT2D eigenvalue weighted by molar-refractivity contribution is 7.91. The summed E-state index contributed by atoms with van der Waals surface area (Å²) in [6.45, 7) is 5.36. The number of nitriles is 2. The molecule has 41 heavy (non-hydrogen) atoms. The van der Waals surface area contributed by atoms with Gasteiger partial charge in [0.2, 0.25) is 11.9 Å². The van der Waals surface area contributed by atoms with Crippen molar-refractivity contribution in [1.29, 1.82) is 10.5 Å². The van der Waals surface area contributed by atoms with E-state index in [0.717, 1.165) is 57.5 Å². The van der Waals surface area contributed by atoms with Crippen molar-refractivity contribution >= 4 is 50.4 Å². The summed E-state index contributed by atoms with van der Waals surface area (Å²) in [6.07, 6.45) is 6.33. The highest BCUT2D eigenvalue weighted by Crippen LogP contribution is 2.38. The van der Waals surface area contributed by atoms with Crippen molar-refractivity contribution in [3.63, 3.8) is 0 Å². The molecule has 12 nitrogen and oxygen atoms in total. The van der Waals surface area contributed by atoms with Crippen molar-refractivity contribution in [2.45, 2.75) is 49.9 Å². The minimum absolute atomic E-state index is 0.126. The Morgan fingerprint density at radius 3 is 2.59 bits per heavy atom. The van der Waals surface area contributed by atoms with Crippen LogP contribution in [0.15, 0.2) is 18.3 Å². The lowest BCUT2D eigenvalue weighted by molar-refractivity contribution is 0.158. The van der Waals surface area contributed by atoms with Crippen LogP contribution in [0.4, 0.5) is 23.3 Å². The molecule has 3 aromatic rings. The summed E-state index contributed by atoms with van der Waals surface area (Å²) >= 11 is 6.96. The van der Waals surface area contributed by atoms with Crippen LogP contribution in [-0.2, 0) is 9.84 Å². The quantitative estimate of drug-likeness (QED) is 0.395. The van der Waals surface area contributed by atoms with E-state index in [2.05, 4.69) is 54.6 Å². The molecule has 2 aromatic heterocycles. The topological polar surface area (TPSA) is 155 Å². The second-order valence-electron chi connectivity index (χ2n) is 11.4. The molecule has 1 aliphatic heterocycles. The van der Waals surface area contributed by atoms with E-state index < -0.39 is 9.84 Å². The molecule has 14 heteroatoms. The van der Waals surface area contributed by atoms with Gasteiger partial charge >= 0.3 is 0 Å². The van der Waals surface area contributed by atoms with Crippen LogP contribution < -0.4 is 15.5 Å². The fraction of sp³-hybridized carbons (Fsp3) is 0.519. The molecule has 2 saturated carbocycles. The number of aromatic nitrogens is 4. The summed E-state index contributed by atoms with van der Waals surface area (Å²) < 4.78 is 25.1. The second kappa shape index (κ2) is 10.6. The number of rotatable bonds is 8. The van der Waals surface area contributed by atoms with Crippen LogP contribution in [0.25, 0.3) is 5.65 Å². The number of nitrogens with zero attached hydrogens (tertiary/aromatic N) is 8. The van der Waals surface area contributed by atoms with Crippen molar-refractivity contribution in [2.24, 2.45) is 5.92 Å². The van der Waals surface area contributed by atoms with Crippen LogP contribution in [0.2, 0.25) is 5.02 Å². The zero-order valence-corrected chi connectivity index (χ0v) is 24.5. The van der Waals surface area contributed by atoms with Gasteiger partial charge in [0, 0.05) is 44.5 Å². The first-order chi connectivity index (χ1) is 19.6. The molecule has 2 N–H and O–H groups in total. The number of anilines is 4. The van der Waals surface area contributed by atoms with Crippen LogP contribution in [0.5, 0.6) is 0 Å². The van der Waals surface area contributed by atoms with Gasteiger partial charge in [0.05, 0.1) is 39.5 Å². The van der Waals surface area contributed by atoms with Gasteiger partial charge in [-0.15, -0.1) is 0 Å². The van der Waals surface area contributed by atoms with Gasteiger partial charge < -0.3 is 15.5 Å². The SMILES string of the molecule is CC1CN(CC2CC(S(C)(=O)=O)C2)CCN1c1cc(C#N)cc(Nc2nc(NC3CC3)n3ncc(C#N)c3n2)c1Cl. The Balaban J connectivity index is 1.22. The molecule has 1 saturated heterocycles. The zero-order chi connectivity index (χ0) is 28.9. The Morgan fingerprint density at radius 1 is 1.15 bits per heavy atom. The third-order valence-corrected chi connectivity index (χ3v) is 10.2. The number of halogens is 1. The molecular weight excluding hydrogens is 564 g/mol. The Hall–Kier alpha value is -3.65. The number of fused-ring (bicyclic) bond motifs is 1. The Labute approximate surface area is 243 Å². The smallest absolute Gasteiger partial charge is 0.232 e. The molecule has 1 atom stereocenters. The van der Waals surface area contributed by atoms with Gasteiger partial charge in [0.1, 0.15) is 21.5 Å². The molecule has 0 spiro atoms. The predicted octanol–water partition coefficient (Wildman–Crippen LogP) is 3.17. The van der Waals surface area contributed by atoms with Crippen LogP contribution in [0.3, 0.4) is 0 Å². The van der Waals surface area contributed by atoms with E-state index in [0.29, 0.717) is 45.4 Å². The second-order valence-corrected chi connectivity index (χ2v) is 14.1. The molecule has 0 amide bonds. The lowest BCUT2D eigenvalue weighted by Crippen LogP contribution is -2.54. The molecule has 0 bridgehead atoms. The first-order valence-electron chi connectivity index (χ1n) is 13.7. The lowest BCUT2D eigenvalue weighted by Gasteiger charge is -2.44. The number of piperazine rings is 1. The molecule has 1 aromatic carbocycles. The lowest BCUT2D eigenvalue weighted by atomic mass is 9.84. The number of benzene rings is 1. The Bertz CT molecular complexity index is 1680. The normalized spacial score (nSPS) is 23.0. The third-order valence-electron chi connectivity index (χ3n) is 8.16. The summed E-state index contributed by atoms with van der Waals surface area (Å²) in [7, 11) is -2.95. The van der Waals surface area contributed by atoms with Crippen LogP contribution in [0.1, 0.15) is 43.7 Å². The average molecular weight is 595 g/mol. The van der Waals surface area contributed by atoms with E-state index in [9.17, 15) is 18.9 Å². The van der Waals surface area contributed by atoms with Crippen LogP contribution >= 0.6 is 11.6 Å². The van der Waals surface area contributed by atoms with Gasteiger partial charge in [0.15, 0.2) is 5.65 Å². The van der Waals surface area contributed by atoms with Gasteiger partial charge in [-0.1, -0.05) is 11.6 Å². The summed E-state index contributed by atoms with van der Waals surface area (Å²) in [5, 5.41) is 30.4. The monoisotopic (exact) mass is 594 g/mol. The molecule has 2 aliphatic carbocycles. The number of hydrogen-bond acceptors (Lipinski definition) is 11. The number of hydrogen-bond donors (Lipinski definition) is 2. The summed E-state index contributed by atoms with van der Waals surface area (Å²) in [4.78, 5) is 13.7. The van der Waals surface area contributed by atoms with Gasteiger partial charge in [-0.25, -0.2) is 8.42 Å². The zero-order valence-electron chi connectivity index (χ0n) is 22.9. The van der Waals surface area contributed by atoms with Crippen molar-refractivity contribution in [3.8, 4) is 12.1 Å². The van der Waals surface area contributed by atoms with Crippen molar-refractivity contribution in [2.75, 3.05) is 48.0 Å². The first-order valence-corrected chi connectivity index (χ1v) is 16.1. The van der Waals surface area contributed by atoms with Gasteiger partial charge in [-0.3, -0.25) is 4.90 Å². The van der Waals surface area contributed by atoms with Crippen LogP contribution in [0, 0.1) is 28.6 Å². The van der Waals surface area contributed by atoms with E-state index in [4.69, 9.17) is 11.6 Å². The molecular formula is C27H31ClN10O2S. The summed E-state index contributed by atoms with van der Waals surface area (Å²) in [5.74, 6) is 1.13. The molecule has 3 fully saturated rings. The molecule has 3 heterocycles. The summed E-state index contributed by atoms with van der Waals surface area (Å²) in [6, 6.07) is 8.26. The van der Waals surface area contributed by atoms with Crippen molar-refractivity contribution in [1.82, 2.24) is 24.5 Å². The fourth-order valence-corrected chi connectivity index (χ4v) is 7.21. The highest BCUT2D eigenvalue weighted by Gasteiger charge is 2.38. The summed E-state index contributed by atoms with van der Waals surface area (Å²) in [5.41, 5.74) is 2.39. The maximum atomic E-state index is 11.8. The molecule has 6 rings (SSSR count). The Kier molecular flexibility index (Phi) is 7.14. The molecule has 0 radical (unpaired) electrons. The average Bonchev–Trinajstić information content (AvgIpc) is 3.62. The fourth-order valence-electron chi connectivity index (χ4n) is 5.71. The first kappa shape index (κ1) is 27.5. The van der Waals surface area contributed by atoms with Gasteiger partial charge in [0.25, 0.3) is 0 Å². The standard InChI is InChI=1S/C27H31ClN10O2S/c1-16-14-36(15-18-7-21(8-18)41(2,39)40)5-6-37(16)23-10-17(11-29)9-22(24(23)28)33-26-34-25-19(12-30)13-31-38(25)27(35-26)32-20-3-4-20/h9-10,13,16,18,20-21H,3-8,14-15H2,1-2H3,(H2,32,33,34,35). The van der Waals surface area contributed by atoms with E-state index >= 15 is 0 Å². The van der Waals surface area contributed by atoms with Gasteiger partial charge in [-0.2, -0.15) is 30.1 Å². The number of nitrogens with one attached hydrogen (secondary N) is 2. The molecule has 3 aliphatic rings. The minimum Gasteiger partial charge on any atom is -0.365 e. The maximum absolute atomic E-state index is 11.8. The van der Waals surface area contributed by atoms with E-state index in [1.807, 2.05) is 0 Å². The van der Waals surface area contributed by atoms with E-state index in [-0.39, 0.29) is 17.2 Å². The number of sulfone groups is 1. The highest BCUT2D eigenvalue weighted by atomic mass is 35.5. The third kappa shape index (κ3) is 5.62. The minimum atomic E-state index is -2.95. The van der Waals surface area contributed by atoms with Gasteiger partial charge in [-0.05, 0) is 50.7 Å². The van der Waals surface area contributed by atoms with Crippen molar-refractivity contribution in [3.05, 3.63) is 34.5 Å².